The van der Waals surface area contributed by atoms with E-state index in [1.807, 2.05) is 6.92 Å². The molecule has 0 saturated carbocycles. The van der Waals surface area contributed by atoms with Gasteiger partial charge in [-0.15, -0.1) is 0 Å². The smallest absolute Gasteiger partial charge is 0.390 e. The summed E-state index contributed by atoms with van der Waals surface area (Å²) < 4.78 is 198. The topological polar surface area (TPSA) is 20.2 Å². The zero-order valence-corrected chi connectivity index (χ0v) is 17.8. The van der Waals surface area contributed by atoms with E-state index in [4.69, 9.17) is 0 Å². The van der Waals surface area contributed by atoms with E-state index in [1.165, 1.54) is 0 Å². The Bertz CT molecular complexity index is 652. The summed E-state index contributed by atoms with van der Waals surface area (Å²) >= 11 is 0. The molecule has 0 aromatic carbocycles. The van der Waals surface area contributed by atoms with Gasteiger partial charge in [0.2, 0.25) is 0 Å². The van der Waals surface area contributed by atoms with Crippen molar-refractivity contribution in [2.24, 2.45) is 0 Å². The summed E-state index contributed by atoms with van der Waals surface area (Å²) in [6.45, 7) is 2.28. The number of alkyl halides is 15. The molecule has 1 unspecified atom stereocenters. The lowest BCUT2D eigenvalue weighted by molar-refractivity contribution is -0.453. The predicted molar refractivity (Wildman–Crippen MR) is 89.0 cm³/mol. The highest BCUT2D eigenvalue weighted by Gasteiger charge is 2.93. The van der Waals surface area contributed by atoms with Crippen molar-refractivity contribution in [1.82, 2.24) is 0 Å². The van der Waals surface area contributed by atoms with Gasteiger partial charge in [-0.2, -0.15) is 65.9 Å². The fourth-order valence-corrected chi connectivity index (χ4v) is 2.96. The summed E-state index contributed by atoms with van der Waals surface area (Å²) in [5.41, 5.74) is -2.94. The van der Waals surface area contributed by atoms with Crippen molar-refractivity contribution in [3.8, 4) is 0 Å². The quantitative estimate of drug-likeness (QED) is 0.174. The molecule has 0 aliphatic rings. The Morgan fingerprint density at radius 2 is 0.853 bits per heavy atom. The Kier molecular flexibility index (Phi) is 9.79. The Morgan fingerprint density at radius 3 is 1.26 bits per heavy atom. The molecule has 0 rings (SSSR count). The van der Waals surface area contributed by atoms with E-state index in [9.17, 15) is 71.0 Å². The Hall–Kier alpha value is -1.09. The van der Waals surface area contributed by atoms with E-state index in [0.717, 1.165) is 12.8 Å². The molecule has 0 saturated heterocycles. The number of hydrogen-bond acceptors (Lipinski definition) is 1. The van der Waals surface area contributed by atoms with Gasteiger partial charge in [0.05, 0.1) is 5.60 Å². The maximum Gasteiger partial charge on any atom is 0.460 e. The van der Waals surface area contributed by atoms with E-state index in [-0.39, 0.29) is 12.8 Å². The fraction of sp³-hybridized carbons (Fsp3) is 1.00. The number of aliphatic hydroxyl groups is 1. The first-order valence-electron chi connectivity index (χ1n) is 9.83. The minimum atomic E-state index is -8.31. The van der Waals surface area contributed by atoms with Crippen LogP contribution in [-0.4, -0.2) is 52.4 Å². The summed E-state index contributed by atoms with van der Waals surface area (Å²) in [6, 6.07) is 0. The zero-order chi connectivity index (χ0) is 27.7. The van der Waals surface area contributed by atoms with Gasteiger partial charge in [-0.05, 0) is 13.3 Å². The number of hydrogen-bond donors (Lipinski definition) is 1. The number of rotatable bonds is 14. The third-order valence-corrected chi connectivity index (χ3v) is 5.06. The van der Waals surface area contributed by atoms with Crippen molar-refractivity contribution < 1.29 is 71.0 Å². The standard InChI is InChI=1S/C18H23F15O/c1-3-4-5-6-7-8-9-11(2,34)10-12(19,20)13(21,22)14(23,24)15(25,26)16(27,28)17(29,30)18(31,32)33/h34H,3-10H2,1-2H3. The average molecular weight is 540 g/mol. The van der Waals surface area contributed by atoms with Gasteiger partial charge in [-0.1, -0.05) is 45.4 Å². The first kappa shape index (κ1) is 32.9. The lowest BCUT2D eigenvalue weighted by atomic mass is 9.84. The normalized spacial score (nSPS) is 17.1. The van der Waals surface area contributed by atoms with Crippen molar-refractivity contribution in [3.05, 3.63) is 0 Å². The van der Waals surface area contributed by atoms with Gasteiger partial charge in [-0.25, -0.2) is 0 Å². The minimum absolute atomic E-state index is 0.124. The number of unbranched alkanes of at least 4 members (excludes halogenated alkanes) is 5. The first-order chi connectivity index (χ1) is 14.8. The Balaban J connectivity index is 5.91. The summed E-state index contributed by atoms with van der Waals surface area (Å²) in [7, 11) is 0. The molecule has 0 radical (unpaired) electrons. The molecule has 0 spiro atoms. The van der Waals surface area contributed by atoms with Gasteiger partial charge >= 0.3 is 41.7 Å². The van der Waals surface area contributed by atoms with Crippen LogP contribution in [0.15, 0.2) is 0 Å². The molecular formula is C18H23F15O. The zero-order valence-electron chi connectivity index (χ0n) is 17.8. The van der Waals surface area contributed by atoms with Gasteiger partial charge in [0.1, 0.15) is 0 Å². The molecule has 0 heterocycles. The second-order valence-corrected chi connectivity index (χ2v) is 8.27. The van der Waals surface area contributed by atoms with Crippen molar-refractivity contribution in [3.63, 3.8) is 0 Å². The third-order valence-electron chi connectivity index (χ3n) is 5.06. The average Bonchev–Trinajstić information content (AvgIpc) is 2.61. The predicted octanol–water partition coefficient (Wildman–Crippen LogP) is 8.25. The highest BCUT2D eigenvalue weighted by Crippen LogP contribution is 2.63. The lowest BCUT2D eigenvalue weighted by Crippen LogP contribution is -2.72. The molecule has 1 nitrogen and oxygen atoms in total. The summed E-state index contributed by atoms with van der Waals surface area (Å²) in [4.78, 5) is 0. The minimum Gasteiger partial charge on any atom is -0.390 e. The van der Waals surface area contributed by atoms with Gasteiger partial charge in [0.25, 0.3) is 0 Å². The molecule has 0 amide bonds. The molecule has 0 aliphatic carbocycles. The summed E-state index contributed by atoms with van der Waals surface area (Å²) in [5.74, 6) is -46.7. The molecule has 0 bridgehead atoms. The maximum atomic E-state index is 13.9. The highest BCUT2D eigenvalue weighted by molar-refractivity contribution is 5.13. The molecule has 206 valence electrons. The van der Waals surface area contributed by atoms with Crippen LogP contribution in [0.4, 0.5) is 65.9 Å². The third kappa shape index (κ3) is 6.00. The van der Waals surface area contributed by atoms with E-state index >= 15 is 0 Å². The van der Waals surface area contributed by atoms with Crippen LogP contribution in [0.1, 0.15) is 65.2 Å². The van der Waals surface area contributed by atoms with Gasteiger partial charge in [0, 0.05) is 6.42 Å². The Morgan fingerprint density at radius 1 is 0.500 bits per heavy atom. The molecule has 0 fully saturated rings. The van der Waals surface area contributed by atoms with E-state index < -0.39 is 60.2 Å². The van der Waals surface area contributed by atoms with Crippen LogP contribution in [-0.2, 0) is 0 Å². The fourth-order valence-electron chi connectivity index (χ4n) is 2.96. The molecule has 34 heavy (non-hydrogen) atoms. The molecule has 1 atom stereocenters. The first-order valence-corrected chi connectivity index (χ1v) is 9.83. The SMILES string of the molecule is CCCCCCCCC(C)(O)CC(F)(F)C(F)(F)C(F)(F)C(F)(F)C(F)(F)C(F)(F)C(F)(F)F. The van der Waals surface area contributed by atoms with Crippen molar-refractivity contribution in [2.45, 2.75) is 113 Å². The lowest BCUT2D eigenvalue weighted by Gasteiger charge is -2.42. The molecule has 0 aromatic heterocycles. The second-order valence-electron chi connectivity index (χ2n) is 8.27. The number of halogens is 15. The van der Waals surface area contributed by atoms with E-state index in [0.29, 0.717) is 19.8 Å². The molecule has 1 N–H and O–H groups in total. The second kappa shape index (κ2) is 10.1. The van der Waals surface area contributed by atoms with E-state index in [1.54, 1.807) is 0 Å². The van der Waals surface area contributed by atoms with Crippen LogP contribution in [0.2, 0.25) is 0 Å². The monoisotopic (exact) mass is 540 g/mol. The Labute approximate surface area is 184 Å². The van der Waals surface area contributed by atoms with Crippen molar-refractivity contribution >= 4 is 0 Å². The molecule has 0 aliphatic heterocycles. The van der Waals surface area contributed by atoms with Crippen molar-refractivity contribution in [2.75, 3.05) is 0 Å². The summed E-state index contributed by atoms with van der Waals surface area (Å²) in [6.07, 6.45) is -8.20. The highest BCUT2D eigenvalue weighted by atomic mass is 19.4. The largest absolute Gasteiger partial charge is 0.460 e. The maximum absolute atomic E-state index is 13.9. The van der Waals surface area contributed by atoms with Gasteiger partial charge < -0.3 is 5.11 Å². The summed E-state index contributed by atoms with van der Waals surface area (Å²) in [5, 5.41) is 9.82. The van der Waals surface area contributed by atoms with Crippen LogP contribution < -0.4 is 0 Å². The van der Waals surface area contributed by atoms with Crippen LogP contribution in [0, 0.1) is 0 Å². The van der Waals surface area contributed by atoms with Crippen LogP contribution in [0.3, 0.4) is 0 Å². The van der Waals surface area contributed by atoms with Crippen molar-refractivity contribution in [1.29, 1.82) is 0 Å². The molecule has 16 heteroatoms. The van der Waals surface area contributed by atoms with Gasteiger partial charge in [0.15, 0.2) is 0 Å². The van der Waals surface area contributed by atoms with Crippen LogP contribution in [0.5, 0.6) is 0 Å². The van der Waals surface area contributed by atoms with Crippen LogP contribution >= 0.6 is 0 Å². The van der Waals surface area contributed by atoms with Crippen LogP contribution in [0.25, 0.3) is 0 Å². The molecule has 0 aromatic rings. The van der Waals surface area contributed by atoms with E-state index in [2.05, 4.69) is 0 Å². The molecular weight excluding hydrogens is 517 g/mol. The van der Waals surface area contributed by atoms with Gasteiger partial charge in [-0.3, -0.25) is 0 Å².